The van der Waals surface area contributed by atoms with Crippen molar-refractivity contribution in [1.29, 1.82) is 0 Å². The Bertz CT molecular complexity index is 790. The lowest BCUT2D eigenvalue weighted by atomic mass is 10.1. The van der Waals surface area contributed by atoms with Crippen LogP contribution in [0.1, 0.15) is 15.9 Å². The number of carbonyl (C=O) groups excluding carboxylic acids is 1. The Morgan fingerprint density at radius 1 is 1.09 bits per heavy atom. The fourth-order valence-electron chi connectivity index (χ4n) is 1.50. The van der Waals surface area contributed by atoms with Crippen LogP contribution in [0.2, 0.25) is 0 Å². The number of aryl methyl sites for hydroxylation is 1. The van der Waals surface area contributed by atoms with Crippen LogP contribution < -0.4 is 5.73 Å². The van der Waals surface area contributed by atoms with Gasteiger partial charge in [-0.2, -0.15) is 8.42 Å². The van der Waals surface area contributed by atoms with Crippen molar-refractivity contribution in [3.63, 3.8) is 0 Å². The van der Waals surface area contributed by atoms with Gasteiger partial charge in [0.05, 0.1) is 11.4 Å². The van der Waals surface area contributed by atoms with E-state index in [1.807, 2.05) is 6.92 Å². The Kier molecular flexibility index (Phi) is 6.49. The molecule has 8 heteroatoms. The number of hydrogen-bond acceptors (Lipinski definition) is 4. The van der Waals surface area contributed by atoms with Crippen LogP contribution in [0.15, 0.2) is 47.4 Å². The van der Waals surface area contributed by atoms with Crippen LogP contribution in [-0.4, -0.2) is 25.3 Å². The van der Waals surface area contributed by atoms with Crippen LogP contribution in [0.25, 0.3) is 0 Å². The van der Waals surface area contributed by atoms with Gasteiger partial charge in [0.1, 0.15) is 0 Å². The summed E-state index contributed by atoms with van der Waals surface area (Å²) < 4.78 is 54.4. The molecule has 23 heavy (non-hydrogen) atoms. The van der Waals surface area contributed by atoms with Crippen molar-refractivity contribution < 1.29 is 26.5 Å². The van der Waals surface area contributed by atoms with E-state index >= 15 is 0 Å². The van der Waals surface area contributed by atoms with Crippen LogP contribution in [0.5, 0.6) is 0 Å². The fourth-order valence-corrected chi connectivity index (χ4v) is 1.98. The van der Waals surface area contributed by atoms with Gasteiger partial charge in [-0.15, -0.1) is 0 Å². The first-order valence-corrected chi connectivity index (χ1v) is 7.81. The zero-order valence-corrected chi connectivity index (χ0v) is 13.0. The first-order chi connectivity index (χ1) is 10.6. The highest BCUT2D eigenvalue weighted by Gasteiger charge is 2.07. The summed E-state index contributed by atoms with van der Waals surface area (Å²) in [6.45, 7) is 1.64. The Morgan fingerprint density at radius 3 is 2.09 bits per heavy atom. The molecule has 5 nitrogen and oxygen atoms in total. The van der Waals surface area contributed by atoms with Gasteiger partial charge in [0.15, 0.2) is 17.4 Å². The summed E-state index contributed by atoms with van der Waals surface area (Å²) >= 11 is 0. The van der Waals surface area contributed by atoms with Gasteiger partial charge in [-0.1, -0.05) is 17.7 Å². The minimum absolute atomic E-state index is 0.0666. The first-order valence-electron chi connectivity index (χ1n) is 6.37. The maximum absolute atomic E-state index is 12.5. The van der Waals surface area contributed by atoms with E-state index in [0.717, 1.165) is 17.7 Å². The van der Waals surface area contributed by atoms with Crippen LogP contribution in [-0.2, 0) is 10.1 Å². The molecule has 124 valence electrons. The lowest BCUT2D eigenvalue weighted by Crippen LogP contribution is -2.13. The average Bonchev–Trinajstić information content (AvgIpc) is 2.49. The predicted octanol–water partition coefficient (Wildman–Crippen LogP) is 2.35. The number of halogens is 2. The third-order valence-electron chi connectivity index (χ3n) is 2.75. The number of Topliss-reactive ketones (excluding diaryl/α,β-unsaturated/α-hetero) is 1. The second kappa shape index (κ2) is 7.91. The molecule has 2 aromatic carbocycles. The molecule has 0 bridgehead atoms. The van der Waals surface area contributed by atoms with E-state index < -0.39 is 27.5 Å². The van der Waals surface area contributed by atoms with Crippen LogP contribution in [0.4, 0.5) is 8.78 Å². The molecule has 2 aromatic rings. The quantitative estimate of drug-likeness (QED) is 0.658. The van der Waals surface area contributed by atoms with Gasteiger partial charge in [0, 0.05) is 5.56 Å². The lowest BCUT2D eigenvalue weighted by Gasteiger charge is -1.97. The molecular formula is C15H15F2NO4S. The molecule has 0 fully saturated rings. The summed E-state index contributed by atoms with van der Waals surface area (Å²) in [5.41, 5.74) is 6.08. The maximum atomic E-state index is 12.5. The molecule has 0 saturated heterocycles. The molecule has 0 heterocycles. The molecular weight excluding hydrogens is 328 g/mol. The molecule has 2 rings (SSSR count). The minimum Gasteiger partial charge on any atom is -0.324 e. The molecule has 0 atom stereocenters. The third-order valence-corrected chi connectivity index (χ3v) is 3.61. The molecule has 0 radical (unpaired) electrons. The van der Waals surface area contributed by atoms with E-state index in [-0.39, 0.29) is 17.0 Å². The standard InChI is InChI=1S/C8H7F2NO.C7H8O3S/c9-6-2-1-5(3-7(6)10)8(12)4-11;1-6-2-4-7(5-3-6)11(8,9)10/h1-3H,4,11H2;2-5H,1H3,(H,8,9,10). The highest BCUT2D eigenvalue weighted by atomic mass is 32.2. The highest BCUT2D eigenvalue weighted by molar-refractivity contribution is 7.85. The number of benzene rings is 2. The Morgan fingerprint density at radius 2 is 1.65 bits per heavy atom. The summed E-state index contributed by atoms with van der Waals surface area (Å²) in [6, 6.07) is 8.93. The number of ketones is 1. The Labute approximate surface area is 132 Å². The number of hydrogen-bond donors (Lipinski definition) is 2. The van der Waals surface area contributed by atoms with E-state index in [1.165, 1.54) is 18.2 Å². The highest BCUT2D eigenvalue weighted by Crippen LogP contribution is 2.09. The predicted molar refractivity (Wildman–Crippen MR) is 80.7 cm³/mol. The largest absolute Gasteiger partial charge is 0.324 e. The third kappa shape index (κ3) is 5.85. The van der Waals surface area contributed by atoms with Gasteiger partial charge in [-0.05, 0) is 37.3 Å². The van der Waals surface area contributed by atoms with Gasteiger partial charge >= 0.3 is 0 Å². The second-order valence-corrected chi connectivity index (χ2v) is 5.97. The van der Waals surface area contributed by atoms with Gasteiger partial charge in [-0.25, -0.2) is 8.78 Å². The van der Waals surface area contributed by atoms with Crippen molar-refractivity contribution in [2.24, 2.45) is 5.73 Å². The van der Waals surface area contributed by atoms with Gasteiger partial charge in [-0.3, -0.25) is 9.35 Å². The molecule has 0 amide bonds. The van der Waals surface area contributed by atoms with Crippen LogP contribution in [0, 0.1) is 18.6 Å². The maximum Gasteiger partial charge on any atom is 0.294 e. The molecule has 0 saturated carbocycles. The zero-order chi connectivity index (χ0) is 17.6. The summed E-state index contributed by atoms with van der Waals surface area (Å²) in [7, 11) is -4.02. The first kappa shape index (κ1) is 18.9. The summed E-state index contributed by atoms with van der Waals surface area (Å²) in [5, 5.41) is 0. The van der Waals surface area contributed by atoms with Crippen molar-refractivity contribution in [2.75, 3.05) is 6.54 Å². The molecule has 0 aliphatic rings. The van der Waals surface area contributed by atoms with Gasteiger partial charge < -0.3 is 5.73 Å². The Balaban J connectivity index is 0.000000231. The molecule has 0 aliphatic carbocycles. The minimum atomic E-state index is -4.02. The smallest absolute Gasteiger partial charge is 0.294 e. The van der Waals surface area contributed by atoms with Crippen molar-refractivity contribution in [3.8, 4) is 0 Å². The molecule has 0 aliphatic heterocycles. The van der Waals surface area contributed by atoms with Crippen molar-refractivity contribution in [3.05, 3.63) is 65.2 Å². The van der Waals surface area contributed by atoms with Crippen LogP contribution in [0.3, 0.4) is 0 Å². The average molecular weight is 343 g/mol. The normalized spacial score (nSPS) is 10.7. The summed E-state index contributed by atoms with van der Waals surface area (Å²) in [4.78, 5) is 10.8. The number of nitrogens with two attached hydrogens (primary N) is 1. The Hall–Kier alpha value is -2.16. The van der Waals surface area contributed by atoms with E-state index in [4.69, 9.17) is 10.3 Å². The summed E-state index contributed by atoms with van der Waals surface area (Å²) in [5.74, 6) is -2.41. The van der Waals surface area contributed by atoms with E-state index in [1.54, 1.807) is 12.1 Å². The number of carbonyl (C=O) groups is 1. The van der Waals surface area contributed by atoms with Crippen molar-refractivity contribution in [2.45, 2.75) is 11.8 Å². The van der Waals surface area contributed by atoms with Crippen LogP contribution >= 0.6 is 0 Å². The van der Waals surface area contributed by atoms with Gasteiger partial charge in [0.2, 0.25) is 0 Å². The molecule has 0 spiro atoms. The van der Waals surface area contributed by atoms with Crippen molar-refractivity contribution >= 4 is 15.9 Å². The van der Waals surface area contributed by atoms with Crippen molar-refractivity contribution in [1.82, 2.24) is 0 Å². The zero-order valence-electron chi connectivity index (χ0n) is 12.2. The monoisotopic (exact) mass is 343 g/mol. The second-order valence-electron chi connectivity index (χ2n) is 4.54. The van der Waals surface area contributed by atoms with E-state index in [0.29, 0.717) is 0 Å². The number of rotatable bonds is 3. The molecule has 3 N–H and O–H groups in total. The summed E-state index contributed by atoms with van der Waals surface area (Å²) in [6.07, 6.45) is 0. The topological polar surface area (TPSA) is 97.5 Å². The SMILES string of the molecule is Cc1ccc(S(=O)(=O)O)cc1.NCC(=O)c1ccc(F)c(F)c1. The lowest BCUT2D eigenvalue weighted by molar-refractivity contribution is 0.100. The van der Waals surface area contributed by atoms with E-state index in [9.17, 15) is 22.0 Å². The fraction of sp³-hybridized carbons (Fsp3) is 0.133. The van der Waals surface area contributed by atoms with E-state index in [2.05, 4.69) is 0 Å². The van der Waals surface area contributed by atoms with Gasteiger partial charge in [0.25, 0.3) is 10.1 Å². The molecule has 0 unspecified atom stereocenters. The molecule has 0 aromatic heterocycles.